The van der Waals surface area contributed by atoms with Gasteiger partial charge < -0.3 is 19.3 Å². The summed E-state index contributed by atoms with van der Waals surface area (Å²) in [7, 11) is 0. The zero-order chi connectivity index (χ0) is 31.4. The number of hydrogen-bond donors (Lipinski definition) is 1. The Hall–Kier alpha value is -4.45. The van der Waals surface area contributed by atoms with Crippen LogP contribution >= 0.6 is 0 Å². The van der Waals surface area contributed by atoms with Crippen molar-refractivity contribution in [2.24, 2.45) is 0 Å². The van der Waals surface area contributed by atoms with Crippen molar-refractivity contribution in [2.45, 2.75) is 60.6 Å². The number of carboxylic acid groups (broad SMARTS) is 1. The van der Waals surface area contributed by atoms with Crippen molar-refractivity contribution < 1.29 is 37.3 Å². The number of pyridine rings is 1. The van der Waals surface area contributed by atoms with Gasteiger partial charge in [0.2, 0.25) is 0 Å². The summed E-state index contributed by atoms with van der Waals surface area (Å²) >= 11 is 0. The topological polar surface area (TPSA) is 77.9 Å². The molecule has 0 amide bonds. The van der Waals surface area contributed by atoms with Crippen LogP contribution in [0.5, 0.6) is 11.5 Å². The highest BCUT2D eigenvalue weighted by Gasteiger charge is 2.28. The van der Waals surface area contributed by atoms with Crippen molar-refractivity contribution in [3.8, 4) is 24.3 Å². The van der Waals surface area contributed by atoms with Crippen LogP contribution < -0.4 is 9.47 Å². The molecule has 41 heavy (non-hydrogen) atoms. The molecule has 0 aliphatic carbocycles. The highest BCUT2D eigenvalue weighted by molar-refractivity contribution is 5.67. The first-order valence-electron chi connectivity index (χ1n) is 12.6. The molecular formula is C32H38F3NO5. The summed E-state index contributed by atoms with van der Waals surface area (Å²) in [5.41, 5.74) is 2.56. The lowest BCUT2D eigenvalue weighted by atomic mass is 10.0. The van der Waals surface area contributed by atoms with Gasteiger partial charge in [0, 0.05) is 18.2 Å². The van der Waals surface area contributed by atoms with E-state index in [-0.39, 0.29) is 6.42 Å². The van der Waals surface area contributed by atoms with E-state index in [1.807, 2.05) is 64.1 Å². The van der Waals surface area contributed by atoms with E-state index < -0.39 is 17.7 Å². The van der Waals surface area contributed by atoms with Crippen LogP contribution in [0.1, 0.15) is 52.2 Å². The van der Waals surface area contributed by atoms with Crippen molar-refractivity contribution in [1.82, 2.24) is 4.98 Å². The largest absolute Gasteiger partial charge is 0.489 e. The monoisotopic (exact) mass is 573 g/mol. The first-order chi connectivity index (χ1) is 19.3. The molecule has 2 aromatic rings. The predicted molar refractivity (Wildman–Crippen MR) is 155 cm³/mol. The van der Waals surface area contributed by atoms with Crippen molar-refractivity contribution >= 4 is 5.97 Å². The number of benzene rings is 1. The molecule has 222 valence electrons. The third kappa shape index (κ3) is 17.0. The minimum atomic E-state index is -4.13. The Morgan fingerprint density at radius 3 is 2.27 bits per heavy atom. The third-order valence-corrected chi connectivity index (χ3v) is 5.04. The Labute approximate surface area is 240 Å². The summed E-state index contributed by atoms with van der Waals surface area (Å²) in [5, 5.41) is 8.84. The van der Waals surface area contributed by atoms with E-state index in [1.165, 1.54) is 13.2 Å². The zero-order valence-corrected chi connectivity index (χ0v) is 24.3. The number of carbonyl (C=O) groups is 1. The maximum absolute atomic E-state index is 11.4. The number of hydrogen-bond acceptors (Lipinski definition) is 5. The fourth-order valence-electron chi connectivity index (χ4n) is 2.86. The number of ether oxygens (including phenoxy) is 3. The first-order valence-corrected chi connectivity index (χ1v) is 12.6. The number of terminal acetylenes is 1. The molecule has 0 aliphatic heterocycles. The molecule has 2 rings (SSSR count). The Morgan fingerprint density at radius 2 is 1.78 bits per heavy atom. The van der Waals surface area contributed by atoms with E-state index in [0.29, 0.717) is 30.3 Å². The highest BCUT2D eigenvalue weighted by atomic mass is 19.4. The summed E-state index contributed by atoms with van der Waals surface area (Å²) in [4.78, 5) is 14.8. The maximum atomic E-state index is 11.4. The lowest BCUT2D eigenvalue weighted by Gasteiger charge is -2.11. The van der Waals surface area contributed by atoms with Gasteiger partial charge in [-0.05, 0) is 95.5 Å². The summed E-state index contributed by atoms with van der Waals surface area (Å²) in [6.07, 6.45) is 14.1. The van der Waals surface area contributed by atoms with Crippen molar-refractivity contribution in [3.63, 3.8) is 0 Å². The van der Waals surface area contributed by atoms with Gasteiger partial charge >= 0.3 is 12.1 Å². The van der Waals surface area contributed by atoms with E-state index >= 15 is 0 Å². The quantitative estimate of drug-likeness (QED) is 0.126. The minimum absolute atomic E-state index is 0.116. The average Bonchev–Trinajstić information content (AvgIpc) is 2.92. The molecule has 0 fully saturated rings. The van der Waals surface area contributed by atoms with Crippen molar-refractivity contribution in [3.05, 3.63) is 101 Å². The van der Waals surface area contributed by atoms with Crippen LogP contribution in [0.2, 0.25) is 0 Å². The standard InChI is InChI=1S/C25H29NO5.C5H7F3.C2H2/c1-18(2)14-23(31-20(4)17-30-24-6-5-12-26-16-24)11-13-29-22-9-7-21(19(3)15-22)8-10-25(27)28;1-3-4(2)5(6,7)8;1-2/h5-7,9,11-12,14-17H,8,10,13H2,1-4H3,(H,27,28);3H,1-2H3;1-2H/b20-17-,23-11+;4-3+;. The van der Waals surface area contributed by atoms with Crippen LogP contribution in [0.3, 0.4) is 0 Å². The Balaban J connectivity index is 0.00000138. The Morgan fingerprint density at radius 1 is 1.10 bits per heavy atom. The van der Waals surface area contributed by atoms with Gasteiger partial charge in [-0.3, -0.25) is 9.78 Å². The van der Waals surface area contributed by atoms with Crippen molar-refractivity contribution in [2.75, 3.05) is 6.61 Å². The number of nitrogens with zero attached hydrogens (tertiary/aromatic N) is 1. The molecule has 0 saturated carbocycles. The number of aryl methyl sites for hydroxylation is 2. The Bertz CT molecular complexity index is 1220. The number of aromatic nitrogens is 1. The molecule has 0 aliphatic rings. The van der Waals surface area contributed by atoms with E-state index in [4.69, 9.17) is 19.3 Å². The van der Waals surface area contributed by atoms with E-state index in [0.717, 1.165) is 35.4 Å². The predicted octanol–water partition coefficient (Wildman–Crippen LogP) is 8.36. The van der Waals surface area contributed by atoms with Crippen molar-refractivity contribution in [1.29, 1.82) is 0 Å². The lowest BCUT2D eigenvalue weighted by molar-refractivity contribution is -0.136. The fraction of sp³-hybridized carbons (Fsp3) is 0.312. The maximum Gasteiger partial charge on any atom is 0.412 e. The SMILES string of the molecule is C#C.C/C=C(\C)C(F)(F)F.CC(C)=C/C(=C\COc1ccc(CCC(=O)O)c(C)c1)O/C(C)=C\Oc1cccnc1. The molecule has 1 aromatic carbocycles. The van der Waals surface area contributed by atoms with E-state index in [2.05, 4.69) is 17.8 Å². The molecule has 0 radical (unpaired) electrons. The lowest BCUT2D eigenvalue weighted by Crippen LogP contribution is -2.07. The summed E-state index contributed by atoms with van der Waals surface area (Å²) < 4.78 is 51.4. The zero-order valence-electron chi connectivity index (χ0n) is 24.3. The van der Waals surface area contributed by atoms with Crippen LogP contribution in [0.15, 0.2) is 89.9 Å². The molecule has 1 aromatic heterocycles. The van der Waals surface area contributed by atoms with Gasteiger partial charge in [0.1, 0.15) is 35.9 Å². The van der Waals surface area contributed by atoms with Crippen LogP contribution in [0.4, 0.5) is 13.2 Å². The molecule has 6 nitrogen and oxygen atoms in total. The summed E-state index contributed by atoms with van der Waals surface area (Å²) in [5.74, 6) is 1.79. The van der Waals surface area contributed by atoms with E-state index in [1.54, 1.807) is 18.5 Å². The number of carboxylic acids is 1. The number of allylic oxidation sites excluding steroid dienone is 5. The van der Waals surface area contributed by atoms with Gasteiger partial charge in [-0.15, -0.1) is 12.8 Å². The molecule has 1 heterocycles. The Kier molecular flexibility index (Phi) is 17.5. The average molecular weight is 574 g/mol. The van der Waals surface area contributed by atoms with Crippen LogP contribution in [-0.2, 0) is 16.0 Å². The molecular weight excluding hydrogens is 535 g/mol. The second-order valence-corrected chi connectivity index (χ2v) is 8.73. The molecule has 0 spiro atoms. The van der Waals surface area contributed by atoms with E-state index in [9.17, 15) is 18.0 Å². The highest BCUT2D eigenvalue weighted by Crippen LogP contribution is 2.24. The molecule has 0 saturated heterocycles. The van der Waals surface area contributed by atoms with Gasteiger partial charge in [-0.25, -0.2) is 0 Å². The van der Waals surface area contributed by atoms with Crippen LogP contribution in [0, 0.1) is 19.8 Å². The van der Waals surface area contributed by atoms with Gasteiger partial charge in [-0.1, -0.05) is 17.7 Å². The number of halogens is 3. The van der Waals surface area contributed by atoms with Gasteiger partial charge in [-0.2, -0.15) is 13.2 Å². The molecule has 0 atom stereocenters. The summed E-state index contributed by atoms with van der Waals surface area (Å²) in [6, 6.07) is 9.29. The molecule has 0 bridgehead atoms. The third-order valence-electron chi connectivity index (χ3n) is 5.04. The second kappa shape index (κ2) is 19.6. The normalized spacial score (nSPS) is 11.6. The van der Waals surface area contributed by atoms with Gasteiger partial charge in [0.05, 0.1) is 6.20 Å². The minimum Gasteiger partial charge on any atom is -0.489 e. The number of aliphatic carboxylic acids is 1. The van der Waals surface area contributed by atoms with Crippen LogP contribution in [0.25, 0.3) is 0 Å². The second-order valence-electron chi connectivity index (χ2n) is 8.73. The summed E-state index contributed by atoms with van der Waals surface area (Å²) in [6.45, 7) is 10.5. The smallest absolute Gasteiger partial charge is 0.412 e. The fourth-order valence-corrected chi connectivity index (χ4v) is 2.86. The molecule has 0 unspecified atom stereocenters. The van der Waals surface area contributed by atoms with Crippen LogP contribution in [-0.4, -0.2) is 28.8 Å². The van der Waals surface area contributed by atoms with Gasteiger partial charge in [0.15, 0.2) is 0 Å². The van der Waals surface area contributed by atoms with Gasteiger partial charge in [0.25, 0.3) is 0 Å². The molecule has 1 N–H and O–H groups in total. The first kappa shape index (κ1) is 36.5. The molecule has 9 heteroatoms. The number of rotatable bonds is 11. The number of alkyl halides is 3.